The number of benzene rings is 1. The van der Waals surface area contributed by atoms with Crippen molar-refractivity contribution in [1.82, 2.24) is 29.5 Å². The summed E-state index contributed by atoms with van der Waals surface area (Å²) in [4.78, 5) is 6.85. The molecule has 1 aliphatic heterocycles. The zero-order chi connectivity index (χ0) is 20.7. The molecule has 4 heterocycles. The molecule has 0 amide bonds. The van der Waals surface area contributed by atoms with Gasteiger partial charge in [-0.15, -0.1) is 10.2 Å². The van der Waals surface area contributed by atoms with Gasteiger partial charge in [-0.25, -0.2) is 9.67 Å². The van der Waals surface area contributed by atoms with Gasteiger partial charge in [0, 0.05) is 43.2 Å². The van der Waals surface area contributed by atoms with Crippen molar-refractivity contribution in [1.29, 1.82) is 0 Å². The van der Waals surface area contributed by atoms with Crippen LogP contribution in [0.1, 0.15) is 32.4 Å². The molecule has 0 saturated heterocycles. The lowest BCUT2D eigenvalue weighted by Gasteiger charge is -2.29. The van der Waals surface area contributed by atoms with Gasteiger partial charge in [0.05, 0.1) is 30.0 Å². The van der Waals surface area contributed by atoms with Crippen molar-refractivity contribution in [2.24, 2.45) is 0 Å². The van der Waals surface area contributed by atoms with Gasteiger partial charge in [0.1, 0.15) is 17.4 Å². The molecule has 1 aromatic carbocycles. The fraction of sp³-hybridized carbons (Fsp3) is 0.364. The number of aryl methyl sites for hydroxylation is 1. The summed E-state index contributed by atoms with van der Waals surface area (Å²) in [5.74, 6) is 3.80. The first-order chi connectivity index (χ1) is 14.6. The summed E-state index contributed by atoms with van der Waals surface area (Å²) in [7, 11) is 0. The fourth-order valence-electron chi connectivity index (χ4n) is 3.94. The van der Waals surface area contributed by atoms with Crippen molar-refractivity contribution in [3.05, 3.63) is 54.4 Å². The van der Waals surface area contributed by atoms with Gasteiger partial charge in [0.15, 0.2) is 5.82 Å². The molecule has 0 saturated carbocycles. The maximum absolute atomic E-state index is 5.87. The summed E-state index contributed by atoms with van der Waals surface area (Å²) >= 11 is 0. The van der Waals surface area contributed by atoms with E-state index < -0.39 is 0 Å². The van der Waals surface area contributed by atoms with E-state index >= 15 is 0 Å². The Balaban J connectivity index is 1.47. The SMILES string of the molecule is CCc1nnc2n1CCN(c1cc(-n3ncc4ccc(OC(C)C)cc43)ccn1)C2. The number of aromatic nitrogens is 6. The maximum Gasteiger partial charge on any atom is 0.152 e. The van der Waals surface area contributed by atoms with E-state index in [1.165, 1.54) is 0 Å². The second kappa shape index (κ2) is 7.44. The summed E-state index contributed by atoms with van der Waals surface area (Å²) in [6, 6.07) is 10.1. The van der Waals surface area contributed by atoms with Crippen LogP contribution < -0.4 is 9.64 Å². The summed E-state index contributed by atoms with van der Waals surface area (Å²) < 4.78 is 10.0. The van der Waals surface area contributed by atoms with Crippen LogP contribution in [0.3, 0.4) is 0 Å². The highest BCUT2D eigenvalue weighted by Crippen LogP contribution is 2.26. The van der Waals surface area contributed by atoms with E-state index in [0.717, 1.165) is 59.3 Å². The minimum absolute atomic E-state index is 0.126. The topological polar surface area (TPSA) is 73.9 Å². The molecule has 0 unspecified atom stereocenters. The molecule has 3 aromatic heterocycles. The highest BCUT2D eigenvalue weighted by Gasteiger charge is 2.22. The van der Waals surface area contributed by atoms with E-state index in [0.29, 0.717) is 6.54 Å². The molecule has 0 spiro atoms. The van der Waals surface area contributed by atoms with E-state index in [2.05, 4.69) is 42.7 Å². The molecule has 4 aromatic rings. The monoisotopic (exact) mass is 403 g/mol. The molecule has 0 bridgehead atoms. The van der Waals surface area contributed by atoms with Crippen molar-refractivity contribution in [2.75, 3.05) is 11.4 Å². The lowest BCUT2D eigenvalue weighted by Crippen LogP contribution is -2.35. The Labute approximate surface area is 175 Å². The third-order valence-electron chi connectivity index (χ3n) is 5.36. The van der Waals surface area contributed by atoms with Crippen LogP contribution in [0.25, 0.3) is 16.6 Å². The van der Waals surface area contributed by atoms with Gasteiger partial charge in [-0.3, -0.25) is 0 Å². The Bertz CT molecular complexity index is 1190. The van der Waals surface area contributed by atoms with Crippen LogP contribution in [0.2, 0.25) is 0 Å². The Morgan fingerprint density at radius 2 is 2.00 bits per heavy atom. The summed E-state index contributed by atoms with van der Waals surface area (Å²) in [6.45, 7) is 8.62. The number of pyridine rings is 1. The lowest BCUT2D eigenvalue weighted by atomic mass is 10.2. The van der Waals surface area contributed by atoms with E-state index in [1.807, 2.05) is 55.2 Å². The average Bonchev–Trinajstić information content (AvgIpc) is 3.36. The third-order valence-corrected chi connectivity index (χ3v) is 5.36. The second-order valence-corrected chi connectivity index (χ2v) is 7.78. The normalized spacial score (nSPS) is 13.8. The van der Waals surface area contributed by atoms with Crippen LogP contribution >= 0.6 is 0 Å². The number of rotatable bonds is 5. The summed E-state index contributed by atoms with van der Waals surface area (Å²) in [5.41, 5.74) is 1.98. The van der Waals surface area contributed by atoms with Gasteiger partial charge in [-0.2, -0.15) is 5.10 Å². The second-order valence-electron chi connectivity index (χ2n) is 7.78. The summed E-state index contributed by atoms with van der Waals surface area (Å²) in [6.07, 6.45) is 4.74. The Hall–Kier alpha value is -3.42. The number of hydrogen-bond acceptors (Lipinski definition) is 6. The standard InChI is InChI=1S/C22H25N7O/c1-4-20-25-26-22-14-27(9-10-28(20)22)21-11-17(7-8-23-21)29-19-12-18(30-15(2)3)6-5-16(19)13-24-29/h5-8,11-13,15H,4,9-10,14H2,1-3H3. The van der Waals surface area contributed by atoms with E-state index in [1.54, 1.807) is 0 Å². The quantitative estimate of drug-likeness (QED) is 0.509. The zero-order valence-electron chi connectivity index (χ0n) is 17.5. The molecule has 0 radical (unpaired) electrons. The molecule has 30 heavy (non-hydrogen) atoms. The van der Waals surface area contributed by atoms with Gasteiger partial charge in [0.2, 0.25) is 0 Å². The van der Waals surface area contributed by atoms with Gasteiger partial charge in [-0.1, -0.05) is 6.92 Å². The summed E-state index contributed by atoms with van der Waals surface area (Å²) in [5, 5.41) is 14.3. The molecule has 8 nitrogen and oxygen atoms in total. The minimum Gasteiger partial charge on any atom is -0.491 e. The zero-order valence-corrected chi connectivity index (χ0v) is 17.5. The highest BCUT2D eigenvalue weighted by atomic mass is 16.5. The predicted molar refractivity (Wildman–Crippen MR) is 115 cm³/mol. The maximum atomic E-state index is 5.87. The van der Waals surface area contributed by atoms with Gasteiger partial charge < -0.3 is 14.2 Å². The van der Waals surface area contributed by atoms with Crippen LogP contribution in [0.15, 0.2) is 42.7 Å². The third kappa shape index (κ3) is 3.28. The van der Waals surface area contributed by atoms with E-state index in [-0.39, 0.29) is 6.10 Å². The molecular weight excluding hydrogens is 378 g/mol. The molecule has 5 rings (SSSR count). The smallest absolute Gasteiger partial charge is 0.152 e. The molecule has 1 aliphatic rings. The Morgan fingerprint density at radius 3 is 2.83 bits per heavy atom. The number of ether oxygens (including phenoxy) is 1. The predicted octanol–water partition coefficient (Wildman–Crippen LogP) is 3.38. The number of hydrogen-bond donors (Lipinski definition) is 0. The Kier molecular flexibility index (Phi) is 4.61. The Morgan fingerprint density at radius 1 is 1.10 bits per heavy atom. The average molecular weight is 403 g/mol. The van der Waals surface area contributed by atoms with Crippen LogP contribution in [-0.2, 0) is 19.5 Å². The minimum atomic E-state index is 0.126. The van der Waals surface area contributed by atoms with Crippen molar-refractivity contribution < 1.29 is 4.74 Å². The van der Waals surface area contributed by atoms with Crippen LogP contribution in [0.5, 0.6) is 5.75 Å². The number of anilines is 1. The molecule has 0 N–H and O–H groups in total. The van der Waals surface area contributed by atoms with E-state index in [4.69, 9.17) is 4.74 Å². The first-order valence-corrected chi connectivity index (χ1v) is 10.4. The van der Waals surface area contributed by atoms with Crippen molar-refractivity contribution in [3.8, 4) is 11.4 Å². The molecule has 154 valence electrons. The van der Waals surface area contributed by atoms with E-state index in [9.17, 15) is 0 Å². The number of nitrogens with zero attached hydrogens (tertiary/aromatic N) is 7. The van der Waals surface area contributed by atoms with Crippen LogP contribution in [0, 0.1) is 0 Å². The van der Waals surface area contributed by atoms with Gasteiger partial charge in [0.25, 0.3) is 0 Å². The molecule has 0 aliphatic carbocycles. The fourth-order valence-corrected chi connectivity index (χ4v) is 3.94. The lowest BCUT2D eigenvalue weighted by molar-refractivity contribution is 0.242. The largest absolute Gasteiger partial charge is 0.491 e. The van der Waals surface area contributed by atoms with Crippen molar-refractivity contribution in [2.45, 2.75) is 46.4 Å². The van der Waals surface area contributed by atoms with Crippen LogP contribution in [0.4, 0.5) is 5.82 Å². The first-order valence-electron chi connectivity index (χ1n) is 10.4. The molecule has 0 fully saturated rings. The highest BCUT2D eigenvalue weighted by molar-refractivity contribution is 5.81. The van der Waals surface area contributed by atoms with Crippen LogP contribution in [-0.4, -0.2) is 42.2 Å². The van der Waals surface area contributed by atoms with Gasteiger partial charge >= 0.3 is 0 Å². The molecular formula is C22H25N7O. The molecule has 0 atom stereocenters. The first kappa shape index (κ1) is 18.6. The van der Waals surface area contributed by atoms with Gasteiger partial charge in [-0.05, 0) is 32.0 Å². The number of fused-ring (bicyclic) bond motifs is 2. The van der Waals surface area contributed by atoms with Crippen molar-refractivity contribution >= 4 is 16.7 Å². The molecule has 8 heteroatoms. The van der Waals surface area contributed by atoms with Crippen molar-refractivity contribution in [3.63, 3.8) is 0 Å².